The summed E-state index contributed by atoms with van der Waals surface area (Å²) in [6.45, 7) is 18.7. The van der Waals surface area contributed by atoms with Gasteiger partial charge in [0.2, 0.25) is 0 Å². The van der Waals surface area contributed by atoms with Crippen LogP contribution in [-0.2, 0) is 16.2 Å². The Hall–Kier alpha value is -8.00. The largest absolute Gasteiger partial charge is 0.310 e. The molecule has 0 spiro atoms. The zero-order chi connectivity index (χ0) is 49.5. The van der Waals surface area contributed by atoms with E-state index in [4.69, 9.17) is 0 Å². The van der Waals surface area contributed by atoms with Crippen molar-refractivity contribution in [1.29, 1.82) is 0 Å². The number of para-hydroxylation sites is 1. The lowest BCUT2D eigenvalue weighted by atomic mass is 9.78. The standard InChI is InChI=1S/C71H61N/c1-69(2,3)52-41-51(42-53(45-52)70(4,5)6)58-28-16-20-48-21-17-30-64(68(48)58)63-26-12-14-32-67(63)72(55-23-15-22-50(43-55)57-27-18-29-59-56-24-10-9-19-47(56)35-39-60(57)59)54-37-33-46(34-38-54)49-36-40-62-61-25-11-13-31-65(61)71(7,8)66(62)44-49/h9-45H,1-8H3. The molecule has 0 N–H and O–H groups in total. The minimum atomic E-state index is -0.0731. The van der Waals surface area contributed by atoms with Crippen molar-refractivity contribution in [3.8, 4) is 55.6 Å². The molecule has 12 rings (SSSR count). The first-order valence-electron chi connectivity index (χ1n) is 25.7. The van der Waals surface area contributed by atoms with Gasteiger partial charge in [-0.05, 0) is 152 Å². The molecule has 0 bridgehead atoms. The fourth-order valence-electron chi connectivity index (χ4n) is 11.6. The predicted octanol–water partition coefficient (Wildman–Crippen LogP) is 20.2. The molecule has 0 atom stereocenters. The lowest BCUT2D eigenvalue weighted by Gasteiger charge is -2.29. The van der Waals surface area contributed by atoms with Gasteiger partial charge in [0, 0.05) is 22.4 Å². The fourth-order valence-corrected chi connectivity index (χ4v) is 11.6. The summed E-state index contributed by atoms with van der Waals surface area (Å²) in [6, 6.07) is 84.3. The van der Waals surface area contributed by atoms with Crippen molar-refractivity contribution in [3.05, 3.63) is 247 Å². The Labute approximate surface area is 426 Å². The SMILES string of the molecule is CC(C)(C)c1cc(-c2cccc3cccc(-c4ccccc4N(c4ccc(-c5ccc6c(c5)C(C)(C)c5ccccc5-6)cc4)c4cccc(-c5cccc6c5ccc5ccccc56)c4)c23)cc(C(C)(C)C)c1. The summed E-state index contributed by atoms with van der Waals surface area (Å²) in [5.74, 6) is 0. The number of hydrogen-bond donors (Lipinski definition) is 0. The minimum absolute atomic E-state index is 0.0105. The fraction of sp³-hybridized carbons (Fsp3) is 0.155. The molecular weight excluding hydrogens is 867 g/mol. The van der Waals surface area contributed by atoms with Crippen molar-refractivity contribution in [2.24, 2.45) is 0 Å². The van der Waals surface area contributed by atoms with Crippen molar-refractivity contribution >= 4 is 49.4 Å². The molecule has 0 saturated heterocycles. The molecule has 350 valence electrons. The lowest BCUT2D eigenvalue weighted by Crippen LogP contribution is -2.16. The first-order valence-corrected chi connectivity index (χ1v) is 25.7. The Morgan fingerprint density at radius 2 is 0.903 bits per heavy atom. The molecule has 1 nitrogen and oxygen atoms in total. The van der Waals surface area contributed by atoms with Crippen molar-refractivity contribution in [3.63, 3.8) is 0 Å². The molecule has 0 aliphatic heterocycles. The Kier molecular flexibility index (Phi) is 10.7. The van der Waals surface area contributed by atoms with Crippen molar-refractivity contribution < 1.29 is 0 Å². The maximum Gasteiger partial charge on any atom is 0.0540 e. The number of fused-ring (bicyclic) bond motifs is 7. The van der Waals surface area contributed by atoms with Crippen LogP contribution < -0.4 is 4.90 Å². The van der Waals surface area contributed by atoms with Crippen LogP contribution in [0.1, 0.15) is 77.6 Å². The van der Waals surface area contributed by atoms with Gasteiger partial charge < -0.3 is 4.90 Å². The Balaban J connectivity index is 1.04. The molecule has 0 saturated carbocycles. The molecule has 0 radical (unpaired) electrons. The molecule has 0 amide bonds. The normalized spacial score (nSPS) is 13.1. The van der Waals surface area contributed by atoms with Crippen LogP contribution in [0.15, 0.2) is 224 Å². The van der Waals surface area contributed by atoms with Gasteiger partial charge in [0.25, 0.3) is 0 Å². The van der Waals surface area contributed by atoms with Gasteiger partial charge in [-0.3, -0.25) is 0 Å². The van der Waals surface area contributed by atoms with Crippen LogP contribution >= 0.6 is 0 Å². The Bertz CT molecular complexity index is 3870. The molecule has 11 aromatic rings. The summed E-state index contributed by atoms with van der Waals surface area (Å²) in [7, 11) is 0. The maximum atomic E-state index is 2.48. The Morgan fingerprint density at radius 3 is 1.67 bits per heavy atom. The minimum Gasteiger partial charge on any atom is -0.310 e. The third-order valence-corrected chi connectivity index (χ3v) is 15.6. The zero-order valence-corrected chi connectivity index (χ0v) is 42.8. The smallest absolute Gasteiger partial charge is 0.0540 e. The number of anilines is 3. The van der Waals surface area contributed by atoms with Crippen LogP contribution in [0.4, 0.5) is 17.1 Å². The van der Waals surface area contributed by atoms with E-state index in [1.807, 2.05) is 0 Å². The number of rotatable bonds is 7. The molecular formula is C71H61N. The highest BCUT2D eigenvalue weighted by molar-refractivity contribution is 6.13. The van der Waals surface area contributed by atoms with Crippen molar-refractivity contribution in [1.82, 2.24) is 0 Å². The van der Waals surface area contributed by atoms with Gasteiger partial charge >= 0.3 is 0 Å². The molecule has 0 unspecified atom stereocenters. The maximum absolute atomic E-state index is 2.48. The van der Waals surface area contributed by atoms with Gasteiger partial charge in [0.15, 0.2) is 0 Å². The van der Waals surface area contributed by atoms with E-state index >= 15 is 0 Å². The van der Waals surface area contributed by atoms with Crippen LogP contribution in [0.3, 0.4) is 0 Å². The third kappa shape index (κ3) is 7.71. The lowest BCUT2D eigenvalue weighted by molar-refractivity contribution is 0.569. The van der Waals surface area contributed by atoms with Gasteiger partial charge in [-0.25, -0.2) is 0 Å². The van der Waals surface area contributed by atoms with E-state index < -0.39 is 0 Å². The second kappa shape index (κ2) is 17.1. The average Bonchev–Trinajstić information content (AvgIpc) is 3.63. The van der Waals surface area contributed by atoms with E-state index in [2.05, 4.69) is 285 Å². The molecule has 1 aliphatic carbocycles. The van der Waals surface area contributed by atoms with Crippen LogP contribution in [0.2, 0.25) is 0 Å². The van der Waals surface area contributed by atoms with Crippen LogP contribution in [-0.4, -0.2) is 0 Å². The van der Waals surface area contributed by atoms with Gasteiger partial charge in [0.1, 0.15) is 0 Å². The van der Waals surface area contributed by atoms with Gasteiger partial charge in [-0.15, -0.1) is 0 Å². The van der Waals surface area contributed by atoms with Crippen LogP contribution in [0, 0.1) is 0 Å². The van der Waals surface area contributed by atoms with Gasteiger partial charge in [-0.1, -0.05) is 243 Å². The summed E-state index contributed by atoms with van der Waals surface area (Å²) in [5, 5.41) is 7.52. The number of hydrogen-bond acceptors (Lipinski definition) is 1. The molecule has 0 fully saturated rings. The second-order valence-electron chi connectivity index (χ2n) is 22.6. The number of nitrogens with zero attached hydrogens (tertiary/aromatic N) is 1. The molecule has 0 heterocycles. The van der Waals surface area contributed by atoms with Gasteiger partial charge in [0.05, 0.1) is 5.69 Å². The molecule has 1 heteroatoms. The predicted molar refractivity (Wildman–Crippen MR) is 310 cm³/mol. The Morgan fingerprint density at radius 1 is 0.319 bits per heavy atom. The average molecular weight is 928 g/mol. The topological polar surface area (TPSA) is 3.24 Å². The monoisotopic (exact) mass is 927 g/mol. The van der Waals surface area contributed by atoms with E-state index in [1.165, 1.54) is 110 Å². The summed E-state index contributed by atoms with van der Waals surface area (Å²) in [5.41, 5.74) is 21.1. The van der Waals surface area contributed by atoms with Gasteiger partial charge in [-0.2, -0.15) is 0 Å². The summed E-state index contributed by atoms with van der Waals surface area (Å²) in [6.07, 6.45) is 0. The molecule has 11 aromatic carbocycles. The zero-order valence-electron chi connectivity index (χ0n) is 42.8. The van der Waals surface area contributed by atoms with E-state index in [9.17, 15) is 0 Å². The van der Waals surface area contributed by atoms with E-state index in [0.29, 0.717) is 0 Å². The van der Waals surface area contributed by atoms with Crippen LogP contribution in [0.5, 0.6) is 0 Å². The number of benzene rings is 11. The second-order valence-corrected chi connectivity index (χ2v) is 22.6. The van der Waals surface area contributed by atoms with Crippen LogP contribution in [0.25, 0.3) is 88.0 Å². The molecule has 0 aromatic heterocycles. The highest BCUT2D eigenvalue weighted by atomic mass is 15.1. The summed E-state index contributed by atoms with van der Waals surface area (Å²) < 4.78 is 0. The van der Waals surface area contributed by atoms with E-state index in [-0.39, 0.29) is 16.2 Å². The highest BCUT2D eigenvalue weighted by Crippen LogP contribution is 2.51. The summed E-state index contributed by atoms with van der Waals surface area (Å²) in [4.78, 5) is 2.48. The first-order chi connectivity index (χ1) is 34.7. The molecule has 1 aliphatic rings. The highest BCUT2D eigenvalue weighted by Gasteiger charge is 2.35. The van der Waals surface area contributed by atoms with E-state index in [0.717, 1.165) is 17.1 Å². The van der Waals surface area contributed by atoms with E-state index in [1.54, 1.807) is 0 Å². The van der Waals surface area contributed by atoms with Crippen molar-refractivity contribution in [2.45, 2.75) is 71.6 Å². The first kappa shape index (κ1) is 45.2. The third-order valence-electron chi connectivity index (χ3n) is 15.6. The summed E-state index contributed by atoms with van der Waals surface area (Å²) >= 11 is 0. The molecule has 72 heavy (non-hydrogen) atoms. The van der Waals surface area contributed by atoms with Crippen molar-refractivity contribution in [2.75, 3.05) is 4.90 Å². The quantitative estimate of drug-likeness (QED) is 0.144.